The van der Waals surface area contributed by atoms with Crippen LogP contribution in [0.2, 0.25) is 0 Å². The summed E-state index contributed by atoms with van der Waals surface area (Å²) in [6.45, 7) is 7.83. The number of nitrogens with one attached hydrogen (secondary N) is 2. The summed E-state index contributed by atoms with van der Waals surface area (Å²) in [6, 6.07) is -0.0360. The van der Waals surface area contributed by atoms with Crippen molar-refractivity contribution in [3.8, 4) is 0 Å². The predicted molar refractivity (Wildman–Crippen MR) is 71.4 cm³/mol. The molecular formula is C14H26N2O2. The molecule has 0 aromatic heterocycles. The molecule has 2 fully saturated rings. The summed E-state index contributed by atoms with van der Waals surface area (Å²) in [5.41, 5.74) is 0.0683. The number of hydrogen-bond acceptors (Lipinski definition) is 3. The van der Waals surface area contributed by atoms with Gasteiger partial charge in [0, 0.05) is 19.8 Å². The minimum Gasteiger partial charge on any atom is -0.381 e. The number of ether oxygens (including phenoxy) is 1. The van der Waals surface area contributed by atoms with Crippen LogP contribution in [0.3, 0.4) is 0 Å². The van der Waals surface area contributed by atoms with Crippen LogP contribution < -0.4 is 10.6 Å². The van der Waals surface area contributed by atoms with E-state index in [1.807, 2.05) is 0 Å². The molecule has 2 aliphatic heterocycles. The van der Waals surface area contributed by atoms with Crippen molar-refractivity contribution >= 4 is 5.91 Å². The highest BCUT2D eigenvalue weighted by Crippen LogP contribution is 2.30. The lowest BCUT2D eigenvalue weighted by Gasteiger charge is -2.38. The van der Waals surface area contributed by atoms with E-state index in [9.17, 15) is 4.79 Å². The highest BCUT2D eigenvalue weighted by molar-refractivity contribution is 5.82. The molecule has 0 radical (unpaired) electrons. The number of piperidine rings is 1. The van der Waals surface area contributed by atoms with Crippen LogP contribution in [0.5, 0.6) is 0 Å². The number of carbonyl (C=O) groups is 1. The van der Waals surface area contributed by atoms with Gasteiger partial charge >= 0.3 is 0 Å². The average Bonchev–Trinajstić information content (AvgIpc) is 2.81. The maximum atomic E-state index is 12.2. The summed E-state index contributed by atoms with van der Waals surface area (Å²) < 4.78 is 5.34. The van der Waals surface area contributed by atoms with Crippen molar-refractivity contribution in [2.75, 3.05) is 26.3 Å². The van der Waals surface area contributed by atoms with Gasteiger partial charge in [-0.15, -0.1) is 0 Å². The molecule has 0 aromatic rings. The van der Waals surface area contributed by atoms with Crippen molar-refractivity contribution in [1.29, 1.82) is 0 Å². The monoisotopic (exact) mass is 254 g/mol. The maximum Gasteiger partial charge on any atom is 0.237 e. The highest BCUT2D eigenvalue weighted by atomic mass is 16.5. The third-order valence-electron chi connectivity index (χ3n) is 4.27. The fourth-order valence-electron chi connectivity index (χ4n) is 2.97. The molecule has 2 aliphatic rings. The molecule has 2 saturated heterocycles. The molecule has 2 atom stereocenters. The Morgan fingerprint density at radius 3 is 3.00 bits per heavy atom. The molecule has 4 nitrogen and oxygen atoms in total. The summed E-state index contributed by atoms with van der Waals surface area (Å²) in [7, 11) is 0. The molecule has 18 heavy (non-hydrogen) atoms. The third kappa shape index (κ3) is 3.45. The van der Waals surface area contributed by atoms with Crippen molar-refractivity contribution in [3.63, 3.8) is 0 Å². The SMILES string of the molecule is CC1(C)CCCNC1C(=O)NCCC1CCOC1. The standard InChI is InChI=1S/C14H26N2O2/c1-14(2)6-3-7-15-12(14)13(17)16-8-4-11-5-9-18-10-11/h11-12,15H,3-10H2,1-2H3,(H,16,17). The van der Waals surface area contributed by atoms with Crippen LogP contribution in [0.25, 0.3) is 0 Å². The van der Waals surface area contributed by atoms with E-state index in [0.717, 1.165) is 52.0 Å². The average molecular weight is 254 g/mol. The predicted octanol–water partition coefficient (Wildman–Crippen LogP) is 1.31. The quantitative estimate of drug-likeness (QED) is 0.795. The van der Waals surface area contributed by atoms with Crippen LogP contribution in [0.15, 0.2) is 0 Å². The summed E-state index contributed by atoms with van der Waals surface area (Å²) >= 11 is 0. The van der Waals surface area contributed by atoms with Crippen LogP contribution in [-0.4, -0.2) is 38.3 Å². The Bertz CT molecular complexity index is 286. The number of rotatable bonds is 4. The molecule has 0 aromatic carbocycles. The molecule has 0 bridgehead atoms. The van der Waals surface area contributed by atoms with Gasteiger partial charge < -0.3 is 15.4 Å². The molecule has 1 amide bonds. The van der Waals surface area contributed by atoms with E-state index < -0.39 is 0 Å². The fourth-order valence-corrected chi connectivity index (χ4v) is 2.97. The normalized spacial score (nSPS) is 31.2. The van der Waals surface area contributed by atoms with Crippen molar-refractivity contribution < 1.29 is 9.53 Å². The van der Waals surface area contributed by atoms with Crippen molar-refractivity contribution in [2.45, 2.75) is 45.6 Å². The summed E-state index contributed by atoms with van der Waals surface area (Å²) in [6.07, 6.45) is 4.46. The van der Waals surface area contributed by atoms with Crippen molar-refractivity contribution in [3.05, 3.63) is 0 Å². The summed E-state index contributed by atoms with van der Waals surface area (Å²) in [4.78, 5) is 12.2. The first kappa shape index (κ1) is 13.8. The Morgan fingerprint density at radius 2 is 2.33 bits per heavy atom. The molecular weight excluding hydrogens is 228 g/mol. The lowest BCUT2D eigenvalue weighted by Crippen LogP contribution is -2.55. The first-order valence-corrected chi connectivity index (χ1v) is 7.18. The number of carbonyl (C=O) groups excluding carboxylic acids is 1. The van der Waals surface area contributed by atoms with E-state index in [0.29, 0.717) is 5.92 Å². The Labute approximate surface area is 110 Å². The van der Waals surface area contributed by atoms with Crippen LogP contribution in [0.4, 0.5) is 0 Å². The molecule has 0 spiro atoms. The zero-order chi connectivity index (χ0) is 13.0. The molecule has 2 rings (SSSR count). The second-order valence-corrected chi connectivity index (χ2v) is 6.29. The summed E-state index contributed by atoms with van der Waals surface area (Å²) in [5, 5.41) is 6.43. The summed E-state index contributed by atoms with van der Waals surface area (Å²) in [5.74, 6) is 0.802. The lowest BCUT2D eigenvalue weighted by atomic mass is 9.77. The van der Waals surface area contributed by atoms with Crippen LogP contribution in [0.1, 0.15) is 39.5 Å². The smallest absolute Gasteiger partial charge is 0.237 e. The van der Waals surface area contributed by atoms with E-state index in [2.05, 4.69) is 24.5 Å². The Balaban J connectivity index is 1.73. The molecule has 104 valence electrons. The van der Waals surface area contributed by atoms with E-state index in [-0.39, 0.29) is 17.4 Å². The van der Waals surface area contributed by atoms with Gasteiger partial charge in [-0.25, -0.2) is 0 Å². The first-order chi connectivity index (χ1) is 8.59. The van der Waals surface area contributed by atoms with Crippen molar-refractivity contribution in [1.82, 2.24) is 10.6 Å². The molecule has 2 unspecified atom stereocenters. The van der Waals surface area contributed by atoms with Crippen molar-refractivity contribution in [2.24, 2.45) is 11.3 Å². The van der Waals surface area contributed by atoms with Gasteiger partial charge in [-0.05, 0) is 43.6 Å². The Morgan fingerprint density at radius 1 is 1.50 bits per heavy atom. The molecule has 0 saturated carbocycles. The van der Waals surface area contributed by atoms with Gasteiger partial charge in [-0.2, -0.15) is 0 Å². The zero-order valence-corrected chi connectivity index (χ0v) is 11.6. The molecule has 4 heteroatoms. The first-order valence-electron chi connectivity index (χ1n) is 7.18. The second kappa shape index (κ2) is 6.02. The largest absolute Gasteiger partial charge is 0.381 e. The van der Waals surface area contributed by atoms with E-state index >= 15 is 0 Å². The third-order valence-corrected chi connectivity index (χ3v) is 4.27. The van der Waals surface area contributed by atoms with Gasteiger partial charge in [0.25, 0.3) is 0 Å². The van der Waals surface area contributed by atoms with Gasteiger partial charge in [0.15, 0.2) is 0 Å². The van der Waals surface area contributed by atoms with Gasteiger partial charge in [0.1, 0.15) is 0 Å². The van der Waals surface area contributed by atoms with Crippen LogP contribution in [0, 0.1) is 11.3 Å². The molecule has 0 aliphatic carbocycles. The van der Waals surface area contributed by atoms with Gasteiger partial charge in [-0.3, -0.25) is 4.79 Å². The maximum absolute atomic E-state index is 12.2. The lowest BCUT2D eigenvalue weighted by molar-refractivity contribution is -0.126. The minimum absolute atomic E-state index is 0.0360. The minimum atomic E-state index is -0.0360. The van der Waals surface area contributed by atoms with E-state index in [4.69, 9.17) is 4.74 Å². The van der Waals surface area contributed by atoms with Gasteiger partial charge in [0.2, 0.25) is 5.91 Å². The molecule has 2 N–H and O–H groups in total. The highest BCUT2D eigenvalue weighted by Gasteiger charge is 2.36. The topological polar surface area (TPSA) is 50.4 Å². The van der Waals surface area contributed by atoms with E-state index in [1.54, 1.807) is 0 Å². The molecule has 2 heterocycles. The van der Waals surface area contributed by atoms with Crippen LogP contribution in [-0.2, 0) is 9.53 Å². The fraction of sp³-hybridized carbons (Fsp3) is 0.929. The van der Waals surface area contributed by atoms with Gasteiger partial charge in [-0.1, -0.05) is 13.8 Å². The van der Waals surface area contributed by atoms with Crippen LogP contribution >= 0.6 is 0 Å². The zero-order valence-electron chi connectivity index (χ0n) is 11.6. The van der Waals surface area contributed by atoms with E-state index in [1.165, 1.54) is 0 Å². The van der Waals surface area contributed by atoms with Gasteiger partial charge in [0.05, 0.1) is 6.04 Å². The second-order valence-electron chi connectivity index (χ2n) is 6.29. The number of amides is 1. The Kier molecular flexibility index (Phi) is 4.62. The number of hydrogen-bond donors (Lipinski definition) is 2. The Hall–Kier alpha value is -0.610.